The van der Waals surface area contributed by atoms with E-state index in [9.17, 15) is 9.59 Å². The van der Waals surface area contributed by atoms with Gasteiger partial charge in [0.05, 0.1) is 6.21 Å². The van der Waals surface area contributed by atoms with Crippen LogP contribution < -0.4 is 15.5 Å². The average Bonchev–Trinajstić information content (AvgIpc) is 2.73. The van der Waals surface area contributed by atoms with Crippen molar-refractivity contribution in [2.24, 2.45) is 5.10 Å². The van der Waals surface area contributed by atoms with Crippen molar-refractivity contribution in [3.8, 4) is 5.75 Å². The quantitative estimate of drug-likeness (QED) is 0.437. The van der Waals surface area contributed by atoms with Crippen LogP contribution in [0.4, 0.5) is 5.69 Å². The molecule has 0 fully saturated rings. The SMILES string of the molecule is Cc1cccc(NC(=O)COc2ccc(/C=N\NC(=O)c3ccc(Cl)cc3)cc2)c1. The second kappa shape index (κ2) is 10.2. The third-order valence-corrected chi connectivity index (χ3v) is 4.29. The predicted octanol–water partition coefficient (Wildman–Crippen LogP) is 4.43. The van der Waals surface area contributed by atoms with Gasteiger partial charge in [-0.25, -0.2) is 5.43 Å². The zero-order valence-electron chi connectivity index (χ0n) is 16.3. The number of anilines is 1. The molecule has 0 aromatic heterocycles. The summed E-state index contributed by atoms with van der Waals surface area (Å²) in [5.74, 6) is -0.0182. The third-order valence-electron chi connectivity index (χ3n) is 4.04. The maximum absolute atomic E-state index is 12.0. The van der Waals surface area contributed by atoms with Crippen LogP contribution in [0.3, 0.4) is 0 Å². The van der Waals surface area contributed by atoms with Crippen LogP contribution in [0.25, 0.3) is 0 Å². The molecule has 30 heavy (non-hydrogen) atoms. The molecule has 0 spiro atoms. The first-order valence-corrected chi connectivity index (χ1v) is 9.56. The molecular weight excluding hydrogens is 402 g/mol. The largest absolute Gasteiger partial charge is 0.484 e. The van der Waals surface area contributed by atoms with Crippen molar-refractivity contribution in [2.75, 3.05) is 11.9 Å². The molecule has 3 rings (SSSR count). The van der Waals surface area contributed by atoms with Crippen LogP contribution in [0.2, 0.25) is 5.02 Å². The van der Waals surface area contributed by atoms with Gasteiger partial charge in [-0.3, -0.25) is 9.59 Å². The first-order chi connectivity index (χ1) is 14.5. The number of carbonyl (C=O) groups excluding carboxylic acids is 2. The number of halogens is 1. The van der Waals surface area contributed by atoms with E-state index in [2.05, 4.69) is 15.8 Å². The lowest BCUT2D eigenvalue weighted by Crippen LogP contribution is -2.20. The summed E-state index contributed by atoms with van der Waals surface area (Å²) in [6.45, 7) is 1.86. The number of hydrazone groups is 1. The fraction of sp³-hybridized carbons (Fsp3) is 0.0870. The summed E-state index contributed by atoms with van der Waals surface area (Å²) in [4.78, 5) is 24.0. The van der Waals surface area contributed by atoms with Crippen LogP contribution in [-0.2, 0) is 4.79 Å². The second-order valence-electron chi connectivity index (χ2n) is 6.48. The number of hydrogen-bond donors (Lipinski definition) is 2. The molecule has 0 aliphatic rings. The number of nitrogens with zero attached hydrogens (tertiary/aromatic N) is 1. The summed E-state index contributed by atoms with van der Waals surface area (Å²) >= 11 is 5.80. The van der Waals surface area contributed by atoms with Crippen LogP contribution >= 0.6 is 11.6 Å². The first-order valence-electron chi connectivity index (χ1n) is 9.18. The van der Waals surface area contributed by atoms with Gasteiger partial charge >= 0.3 is 0 Å². The fourth-order valence-corrected chi connectivity index (χ4v) is 2.68. The van der Waals surface area contributed by atoms with Gasteiger partial charge in [-0.15, -0.1) is 0 Å². The van der Waals surface area contributed by atoms with Crippen molar-refractivity contribution in [1.29, 1.82) is 0 Å². The molecule has 0 heterocycles. The molecule has 0 bridgehead atoms. The summed E-state index contributed by atoms with van der Waals surface area (Å²) in [6.07, 6.45) is 1.52. The Morgan fingerprint density at radius 3 is 2.47 bits per heavy atom. The normalized spacial score (nSPS) is 10.6. The Morgan fingerprint density at radius 1 is 1.03 bits per heavy atom. The highest BCUT2D eigenvalue weighted by Gasteiger charge is 2.05. The van der Waals surface area contributed by atoms with Crippen molar-refractivity contribution in [1.82, 2.24) is 5.43 Å². The number of nitrogens with one attached hydrogen (secondary N) is 2. The number of rotatable bonds is 7. The van der Waals surface area contributed by atoms with Crippen LogP contribution in [0.15, 0.2) is 77.9 Å². The maximum Gasteiger partial charge on any atom is 0.271 e. The minimum atomic E-state index is -0.331. The summed E-state index contributed by atoms with van der Waals surface area (Å²) in [6, 6.07) is 21.1. The molecule has 0 atom stereocenters. The highest BCUT2D eigenvalue weighted by molar-refractivity contribution is 6.30. The molecule has 2 N–H and O–H groups in total. The average molecular weight is 422 g/mol. The maximum atomic E-state index is 12.0. The Bertz CT molecular complexity index is 1050. The molecule has 6 nitrogen and oxygen atoms in total. The van der Waals surface area contributed by atoms with Crippen LogP contribution in [0.5, 0.6) is 5.75 Å². The Hall–Kier alpha value is -3.64. The second-order valence-corrected chi connectivity index (χ2v) is 6.92. The van der Waals surface area contributed by atoms with Crippen molar-refractivity contribution in [2.45, 2.75) is 6.92 Å². The summed E-state index contributed by atoms with van der Waals surface area (Å²) in [5.41, 5.74) is 5.48. The van der Waals surface area contributed by atoms with Gasteiger partial charge in [0.25, 0.3) is 11.8 Å². The molecule has 7 heteroatoms. The molecule has 152 valence electrons. The summed E-state index contributed by atoms with van der Waals surface area (Å²) in [5, 5.41) is 7.28. The molecule has 0 unspecified atom stereocenters. The fourth-order valence-electron chi connectivity index (χ4n) is 2.55. The van der Waals surface area contributed by atoms with E-state index >= 15 is 0 Å². The van der Waals surface area contributed by atoms with E-state index < -0.39 is 0 Å². The van der Waals surface area contributed by atoms with E-state index in [-0.39, 0.29) is 18.4 Å². The lowest BCUT2D eigenvalue weighted by Gasteiger charge is -2.08. The minimum absolute atomic E-state index is 0.0987. The smallest absolute Gasteiger partial charge is 0.271 e. The van der Waals surface area contributed by atoms with Gasteiger partial charge in [0.2, 0.25) is 0 Å². The van der Waals surface area contributed by atoms with E-state index in [4.69, 9.17) is 16.3 Å². The molecule has 2 amide bonds. The zero-order chi connectivity index (χ0) is 21.3. The standard InChI is InChI=1S/C23H20ClN3O3/c1-16-3-2-4-20(13-16)26-22(28)15-30-21-11-5-17(6-12-21)14-25-27-23(29)18-7-9-19(24)10-8-18/h2-14H,15H2,1H3,(H,26,28)(H,27,29)/b25-14-. The highest BCUT2D eigenvalue weighted by atomic mass is 35.5. The number of ether oxygens (including phenoxy) is 1. The van der Waals surface area contributed by atoms with Crippen molar-refractivity contribution < 1.29 is 14.3 Å². The molecule has 0 saturated heterocycles. The monoisotopic (exact) mass is 421 g/mol. The lowest BCUT2D eigenvalue weighted by atomic mass is 10.2. The van der Waals surface area contributed by atoms with Gasteiger partial charge in [0.1, 0.15) is 5.75 Å². The van der Waals surface area contributed by atoms with Gasteiger partial charge in [0, 0.05) is 16.3 Å². The molecule has 0 radical (unpaired) electrons. The summed E-state index contributed by atoms with van der Waals surface area (Å²) < 4.78 is 5.50. The third kappa shape index (κ3) is 6.46. The van der Waals surface area contributed by atoms with Gasteiger partial charge < -0.3 is 10.1 Å². The van der Waals surface area contributed by atoms with Gasteiger partial charge in [0.15, 0.2) is 6.61 Å². The molecule has 0 aliphatic heterocycles. The van der Waals surface area contributed by atoms with Gasteiger partial charge in [-0.2, -0.15) is 5.10 Å². The molecular formula is C23H20ClN3O3. The summed E-state index contributed by atoms with van der Waals surface area (Å²) in [7, 11) is 0. The van der Waals surface area contributed by atoms with Gasteiger partial charge in [-0.1, -0.05) is 23.7 Å². The predicted molar refractivity (Wildman–Crippen MR) is 118 cm³/mol. The van der Waals surface area contributed by atoms with Gasteiger partial charge in [-0.05, 0) is 78.7 Å². The zero-order valence-corrected chi connectivity index (χ0v) is 17.0. The van der Waals surface area contributed by atoms with E-state index in [1.54, 1.807) is 48.5 Å². The topological polar surface area (TPSA) is 79.8 Å². The molecule has 3 aromatic carbocycles. The molecule has 3 aromatic rings. The molecule has 0 saturated carbocycles. The Labute approximate surface area is 179 Å². The van der Waals surface area contributed by atoms with E-state index in [1.807, 2.05) is 31.2 Å². The number of carbonyl (C=O) groups is 2. The number of hydrogen-bond acceptors (Lipinski definition) is 4. The number of benzene rings is 3. The highest BCUT2D eigenvalue weighted by Crippen LogP contribution is 2.13. The Morgan fingerprint density at radius 2 is 1.77 bits per heavy atom. The van der Waals surface area contributed by atoms with Crippen LogP contribution in [0.1, 0.15) is 21.5 Å². The Balaban J connectivity index is 1.46. The van der Waals surface area contributed by atoms with E-state index in [0.717, 1.165) is 16.8 Å². The van der Waals surface area contributed by atoms with E-state index in [0.29, 0.717) is 16.3 Å². The lowest BCUT2D eigenvalue weighted by molar-refractivity contribution is -0.118. The first kappa shape index (κ1) is 21.1. The minimum Gasteiger partial charge on any atom is -0.484 e. The Kier molecular flexibility index (Phi) is 7.19. The number of amides is 2. The van der Waals surface area contributed by atoms with Crippen LogP contribution in [0, 0.1) is 6.92 Å². The molecule has 0 aliphatic carbocycles. The van der Waals surface area contributed by atoms with Crippen LogP contribution in [-0.4, -0.2) is 24.6 Å². The van der Waals surface area contributed by atoms with E-state index in [1.165, 1.54) is 6.21 Å². The van der Waals surface area contributed by atoms with Crippen molar-refractivity contribution >= 4 is 35.3 Å². The van der Waals surface area contributed by atoms with Crippen molar-refractivity contribution in [3.63, 3.8) is 0 Å². The number of aryl methyl sites for hydroxylation is 1. The van der Waals surface area contributed by atoms with Crippen molar-refractivity contribution in [3.05, 3.63) is 94.5 Å².